The lowest BCUT2D eigenvalue weighted by Gasteiger charge is -2.45. The standard InChI is InChI=1S/3C12H22O11.2C6H12O6/c13-1-4-6(16)8(18)9(19)11(21-4)23-12(3-15)10(20)7(17)5(2-14)22-12;2*13-1-3-5(15)6(16)9(19)12(22-3)23-10-4(2-14)21-11(20)8(18)7(10)17;2*7-1-3(9)5(11)6(12)4(10)2-8/h4-11,13-20H,1-3H2;2*3-20H,1-2H2;2*1,3-6,8-12H,2H2/t4-,5-,6-,7-,8+,9-,10+,11-,12+;3-,4-,5+,6+,7-,8-,9-,10-,11-,12+;3-,4-,5-,6+,7-,8-,9-,10-,11-,12-;3-,4+,5+,6+;3-,4+,5+,6-/m11100/s1. The van der Waals surface area contributed by atoms with Crippen LogP contribution in [0.15, 0.2) is 0 Å². The van der Waals surface area contributed by atoms with E-state index in [1.54, 1.807) is 0 Å². The van der Waals surface area contributed by atoms with Crippen molar-refractivity contribution in [2.75, 3.05) is 59.5 Å². The molecule has 0 aromatic carbocycles. The number of carbonyl (C=O) groups excluding carboxylic acids is 2. The van der Waals surface area contributed by atoms with E-state index < -0.39 is 286 Å². The molecule has 93 heavy (non-hydrogen) atoms. The maximum Gasteiger partial charge on any atom is 0.224 e. The smallest absolute Gasteiger partial charge is 0.224 e. The zero-order valence-electron chi connectivity index (χ0n) is 48.5. The van der Waals surface area contributed by atoms with Crippen LogP contribution in [0.4, 0.5) is 0 Å². The van der Waals surface area contributed by atoms with Gasteiger partial charge in [-0.3, -0.25) is 0 Å². The molecule has 6 aliphatic heterocycles. The molecule has 0 unspecified atom stereocenters. The highest BCUT2D eigenvalue weighted by atomic mass is 16.8. The minimum atomic E-state index is -2.22. The third-order valence-electron chi connectivity index (χ3n) is 14.9. The topological polar surface area (TPSA) is 805 Å². The third kappa shape index (κ3) is 22.1. The minimum Gasteiger partial charge on any atom is -0.394 e. The fraction of sp³-hybridized carbons (Fsp3) is 0.958. The molecule has 6 saturated heterocycles. The lowest BCUT2D eigenvalue weighted by atomic mass is 9.97. The van der Waals surface area contributed by atoms with Crippen LogP contribution in [0.25, 0.3) is 0 Å². The highest BCUT2D eigenvalue weighted by Gasteiger charge is 2.59. The maximum absolute atomic E-state index is 10.00. The van der Waals surface area contributed by atoms with Crippen LogP contribution >= 0.6 is 0 Å². The first-order chi connectivity index (χ1) is 43.5. The van der Waals surface area contributed by atoms with E-state index in [0.717, 1.165) is 0 Å². The summed E-state index contributed by atoms with van der Waals surface area (Å²) in [6, 6.07) is 0. The lowest BCUT2D eigenvalue weighted by molar-refractivity contribution is -0.383. The molecule has 34 N–H and O–H groups in total. The van der Waals surface area contributed by atoms with E-state index >= 15 is 0 Å². The van der Waals surface area contributed by atoms with Crippen LogP contribution in [0.2, 0.25) is 0 Å². The molecule has 552 valence electrons. The van der Waals surface area contributed by atoms with Crippen LogP contribution in [0.5, 0.6) is 0 Å². The number of hydrogen-bond acceptors (Lipinski definition) is 45. The summed E-state index contributed by atoms with van der Waals surface area (Å²) in [6.45, 7) is -6.53. The first-order valence-corrected chi connectivity index (χ1v) is 27.9. The molecule has 37 atom stereocenters. The summed E-state index contributed by atoms with van der Waals surface area (Å²) >= 11 is 0. The summed E-state index contributed by atoms with van der Waals surface area (Å²) in [6.07, 6.45) is -57.5. The van der Waals surface area contributed by atoms with Crippen molar-refractivity contribution in [1.82, 2.24) is 0 Å². The minimum absolute atomic E-state index is 0.0258. The van der Waals surface area contributed by atoms with Gasteiger partial charge in [0, 0.05) is 0 Å². The van der Waals surface area contributed by atoms with Gasteiger partial charge in [-0.2, -0.15) is 0 Å². The normalized spacial score (nSPS) is 43.6. The summed E-state index contributed by atoms with van der Waals surface area (Å²) in [5, 5.41) is 317. The van der Waals surface area contributed by atoms with Gasteiger partial charge in [0.15, 0.2) is 44.0 Å². The van der Waals surface area contributed by atoms with Gasteiger partial charge in [-0.1, -0.05) is 0 Å². The third-order valence-corrected chi connectivity index (χ3v) is 14.9. The van der Waals surface area contributed by atoms with Gasteiger partial charge in [-0.15, -0.1) is 0 Å². The molecule has 45 nitrogen and oxygen atoms in total. The van der Waals surface area contributed by atoms with Crippen LogP contribution in [0, 0.1) is 0 Å². The molecule has 0 aromatic heterocycles. The van der Waals surface area contributed by atoms with Gasteiger partial charge in [-0.05, 0) is 0 Å². The molecule has 0 radical (unpaired) electrons. The van der Waals surface area contributed by atoms with Gasteiger partial charge in [0.05, 0.1) is 52.9 Å². The Balaban J connectivity index is 0.000000407. The largest absolute Gasteiger partial charge is 0.394 e. The summed E-state index contributed by atoms with van der Waals surface area (Å²) in [4.78, 5) is 19.8. The van der Waals surface area contributed by atoms with E-state index in [9.17, 15) is 112 Å². The molecule has 0 bridgehead atoms. The fourth-order valence-corrected chi connectivity index (χ4v) is 9.01. The average Bonchev–Trinajstić information content (AvgIpc) is 1.72. The zero-order chi connectivity index (χ0) is 71.4. The summed E-state index contributed by atoms with van der Waals surface area (Å²) in [5.74, 6) is -2.22. The van der Waals surface area contributed by atoms with Crippen molar-refractivity contribution in [1.29, 1.82) is 0 Å². The van der Waals surface area contributed by atoms with Gasteiger partial charge in [0.25, 0.3) is 0 Å². The van der Waals surface area contributed by atoms with Crippen LogP contribution in [-0.4, -0.2) is 472 Å². The Morgan fingerprint density at radius 2 is 0.634 bits per heavy atom. The molecule has 6 heterocycles. The summed E-state index contributed by atoms with van der Waals surface area (Å²) in [5.41, 5.74) is 0. The zero-order valence-corrected chi connectivity index (χ0v) is 48.5. The highest BCUT2D eigenvalue weighted by molar-refractivity contribution is 5.57. The van der Waals surface area contributed by atoms with E-state index in [1.807, 2.05) is 0 Å². The number of aldehydes is 2. The van der Waals surface area contributed by atoms with Crippen LogP contribution in [-0.2, 0) is 52.2 Å². The predicted molar refractivity (Wildman–Crippen MR) is 280 cm³/mol. The number of carbonyl (C=O) groups is 2. The number of rotatable bonds is 23. The second-order valence-corrected chi connectivity index (χ2v) is 21.3. The Morgan fingerprint density at radius 1 is 0.333 bits per heavy atom. The van der Waals surface area contributed by atoms with Crippen molar-refractivity contribution >= 4 is 12.6 Å². The monoisotopic (exact) mass is 1390 g/mol. The lowest BCUT2D eigenvalue weighted by Crippen LogP contribution is -2.64. The van der Waals surface area contributed by atoms with E-state index in [-0.39, 0.29) is 12.6 Å². The van der Waals surface area contributed by atoms with Crippen molar-refractivity contribution in [3.05, 3.63) is 0 Å². The number of hydrogen-bond donors (Lipinski definition) is 34. The Morgan fingerprint density at radius 3 is 0.903 bits per heavy atom. The van der Waals surface area contributed by atoms with Crippen molar-refractivity contribution in [2.45, 2.75) is 226 Å². The van der Waals surface area contributed by atoms with Gasteiger partial charge < -0.3 is 226 Å². The van der Waals surface area contributed by atoms with Gasteiger partial charge in [0.1, 0.15) is 196 Å². The van der Waals surface area contributed by atoms with Crippen molar-refractivity contribution in [3.63, 3.8) is 0 Å². The second kappa shape index (κ2) is 40.6. The predicted octanol–water partition coefficient (Wildman–Crippen LogP) is -22.9. The summed E-state index contributed by atoms with van der Waals surface area (Å²) in [7, 11) is 0. The average molecular weight is 1390 g/mol. The van der Waals surface area contributed by atoms with Crippen LogP contribution in [0.1, 0.15) is 0 Å². The van der Waals surface area contributed by atoms with Gasteiger partial charge in [0.2, 0.25) is 5.79 Å². The number of aliphatic hydroxyl groups excluding tert-OH is 34. The molecular formula is C48H90O45. The molecule has 45 heteroatoms. The molecular weight excluding hydrogens is 1300 g/mol. The van der Waals surface area contributed by atoms with Gasteiger partial charge in [-0.25, -0.2) is 0 Å². The Labute approximate surface area is 523 Å². The first-order valence-electron chi connectivity index (χ1n) is 27.9. The quantitative estimate of drug-likeness (QED) is 0.0422. The van der Waals surface area contributed by atoms with Crippen molar-refractivity contribution in [3.8, 4) is 0 Å². The van der Waals surface area contributed by atoms with Crippen molar-refractivity contribution < 1.29 is 226 Å². The molecule has 6 rings (SSSR count). The Kier molecular flexibility index (Phi) is 37.9. The maximum atomic E-state index is 10.00. The molecule has 0 amide bonds. The number of ether oxygens (including phenoxy) is 9. The molecule has 6 aliphatic rings. The highest BCUT2D eigenvalue weighted by Crippen LogP contribution is 2.37. The SMILES string of the molecule is O=C[C@H](O)[C@@H](O)[C@@H](O)[C@H](O)CO.O=C[C@H](O)[C@@H](O)[C@H](O)[C@H](O)CO.OC[C@H]1O[C@@H](O[C@H]2[C@H](O)[C@@H](O)[C@H](O)O[C@@H]2CO)[C@H](O)[C@@H](O)[C@H]1O.OC[C@H]1O[C@@](CO)(O[C@H]2O[C@H](CO)[C@@H](O)[C@H](O)[C@H]2O)[C@@H](O)[C@@H]1O.OC[C@H]1O[C@H](O[C@H]2[C@H](O)[C@@H](O)[C@H](O)O[C@@H]2CO)[C@H](O)[C@@H](O)[C@@H]1O. The molecule has 0 saturated carbocycles. The van der Waals surface area contributed by atoms with Crippen LogP contribution in [0.3, 0.4) is 0 Å². The summed E-state index contributed by atoms with van der Waals surface area (Å²) < 4.78 is 46.0. The fourth-order valence-electron chi connectivity index (χ4n) is 9.01. The van der Waals surface area contributed by atoms with Crippen molar-refractivity contribution in [2.24, 2.45) is 0 Å². The van der Waals surface area contributed by atoms with E-state index in [0.29, 0.717) is 0 Å². The molecule has 0 aromatic rings. The molecule has 0 aliphatic carbocycles. The van der Waals surface area contributed by atoms with Gasteiger partial charge >= 0.3 is 0 Å². The number of aliphatic hydroxyl groups is 34. The van der Waals surface area contributed by atoms with E-state index in [2.05, 4.69) is 0 Å². The van der Waals surface area contributed by atoms with E-state index in [1.165, 1.54) is 0 Å². The Bertz CT molecular complexity index is 1940. The molecule has 6 fully saturated rings. The first kappa shape index (κ1) is 86.7. The molecule has 0 spiro atoms. The van der Waals surface area contributed by atoms with E-state index in [4.69, 9.17) is 114 Å². The Hall–Kier alpha value is -2.38. The second-order valence-electron chi connectivity index (χ2n) is 21.3. The van der Waals surface area contributed by atoms with Crippen LogP contribution < -0.4 is 0 Å².